The summed E-state index contributed by atoms with van der Waals surface area (Å²) < 4.78 is 30.9. The molecule has 0 heterocycles. The Balaban J connectivity index is 4.04. The zero-order valence-electron chi connectivity index (χ0n) is 17.5. The molecule has 1 aromatic rings. The number of hydrogen-bond donors (Lipinski definition) is 0. The van der Waals surface area contributed by atoms with Gasteiger partial charge in [-0.2, -0.15) is 0 Å². The third-order valence-electron chi connectivity index (χ3n) is 4.68. The zero-order chi connectivity index (χ0) is 19.3. The van der Waals surface area contributed by atoms with E-state index in [1.165, 1.54) is 0 Å². The molecule has 0 spiro atoms. The maximum atomic E-state index is 15.4. The van der Waals surface area contributed by atoms with Crippen molar-refractivity contribution in [3.05, 3.63) is 28.8 Å². The summed E-state index contributed by atoms with van der Waals surface area (Å²) in [4.78, 5) is 0. The molecule has 0 aliphatic carbocycles. The van der Waals surface area contributed by atoms with Crippen molar-refractivity contribution in [3.63, 3.8) is 0 Å². The van der Waals surface area contributed by atoms with E-state index >= 15 is 8.22 Å². The normalized spacial score (nSPS) is 14.4. The monoisotopic (exact) mass is 354 g/mol. The van der Waals surface area contributed by atoms with E-state index in [0.29, 0.717) is 5.19 Å². The first-order chi connectivity index (χ1) is 10.4. The quantitative estimate of drug-likeness (QED) is 0.416. The lowest BCUT2D eigenvalue weighted by Crippen LogP contribution is -2.50. The number of benzene rings is 1. The van der Waals surface area contributed by atoms with Crippen molar-refractivity contribution < 1.29 is 8.22 Å². The van der Waals surface area contributed by atoms with Gasteiger partial charge < -0.3 is 0 Å². The van der Waals surface area contributed by atoms with Gasteiger partial charge in [0.05, 0.1) is 0 Å². The maximum absolute atomic E-state index is 15.4. The van der Waals surface area contributed by atoms with Gasteiger partial charge in [0, 0.05) is 10.7 Å². The van der Waals surface area contributed by atoms with E-state index in [9.17, 15) is 0 Å². The summed E-state index contributed by atoms with van der Waals surface area (Å²) in [5.74, 6) is 0. The minimum Gasteiger partial charge on any atom is -0.264 e. The van der Waals surface area contributed by atoms with Crippen molar-refractivity contribution in [1.82, 2.24) is 0 Å². The minimum atomic E-state index is -4.55. The van der Waals surface area contributed by atoms with Gasteiger partial charge in [0.1, 0.15) is 0 Å². The van der Waals surface area contributed by atoms with Crippen LogP contribution < -0.4 is 5.19 Å². The second-order valence-corrected chi connectivity index (χ2v) is 13.4. The lowest BCUT2D eigenvalue weighted by molar-refractivity contribution is 0.538. The molecule has 0 saturated heterocycles. The summed E-state index contributed by atoms with van der Waals surface area (Å²) in [7, 11) is -4.55. The topological polar surface area (TPSA) is 0 Å². The number of hydrogen-bond acceptors (Lipinski definition) is 0. The van der Waals surface area contributed by atoms with Crippen molar-refractivity contribution in [1.29, 1.82) is 0 Å². The van der Waals surface area contributed by atoms with Crippen molar-refractivity contribution in [3.8, 4) is 0 Å². The Hall–Kier alpha value is -0.703. The van der Waals surface area contributed by atoms with Crippen LogP contribution in [0.3, 0.4) is 0 Å². The highest BCUT2D eigenvalue weighted by Crippen LogP contribution is 2.37. The van der Waals surface area contributed by atoms with Crippen molar-refractivity contribution in [2.75, 3.05) is 0 Å². The lowest BCUT2D eigenvalue weighted by atomic mass is 9.75. The van der Waals surface area contributed by atoms with Crippen LogP contribution in [0.2, 0.25) is 5.54 Å². The molecule has 0 aliphatic rings. The molecule has 0 aliphatic heterocycles. The second kappa shape index (κ2) is 6.23. The summed E-state index contributed by atoms with van der Waals surface area (Å²) >= 11 is 0. The van der Waals surface area contributed by atoms with Gasteiger partial charge in [0.2, 0.25) is 0 Å². The van der Waals surface area contributed by atoms with Gasteiger partial charge in [-0.05, 0) is 32.9 Å². The predicted molar refractivity (Wildman–Crippen MR) is 105 cm³/mol. The minimum absolute atomic E-state index is 0.0623. The van der Waals surface area contributed by atoms with E-state index in [0.717, 1.165) is 16.7 Å². The molecule has 0 aromatic heterocycles. The summed E-state index contributed by atoms with van der Waals surface area (Å²) in [5, 5.41) is 0.380. The standard InChI is InChI=1S/C21H36F2Si/c1-14(2)24(22,23)18-16(20(6,7)8)12-15(19(3,4)5)13-17(18)21(9,10)11/h12-14H,1-11H3. The zero-order valence-corrected chi connectivity index (χ0v) is 18.5. The van der Waals surface area contributed by atoms with Crippen LogP contribution in [0.4, 0.5) is 8.22 Å². The fourth-order valence-electron chi connectivity index (χ4n) is 2.91. The second-order valence-electron chi connectivity index (χ2n) is 10.5. The summed E-state index contributed by atoms with van der Waals surface area (Å²) in [6.45, 7) is 22.1. The molecule has 138 valence electrons. The first-order valence-corrected chi connectivity index (χ1v) is 10.8. The molecule has 0 unspecified atom stereocenters. The summed E-state index contributed by atoms with van der Waals surface area (Å²) in [5.41, 5.74) is 1.56. The third kappa shape index (κ3) is 4.28. The van der Waals surface area contributed by atoms with E-state index in [1.54, 1.807) is 13.8 Å². The fourth-order valence-corrected chi connectivity index (χ4v) is 5.10. The largest absolute Gasteiger partial charge is 0.458 e. The third-order valence-corrected chi connectivity index (χ3v) is 7.33. The van der Waals surface area contributed by atoms with Crippen LogP contribution in [0, 0.1) is 0 Å². The van der Waals surface area contributed by atoms with Gasteiger partial charge in [-0.25, -0.2) is 0 Å². The molecule has 1 rings (SSSR count). The maximum Gasteiger partial charge on any atom is 0.458 e. The van der Waals surface area contributed by atoms with Crippen LogP contribution in [0.15, 0.2) is 12.1 Å². The van der Waals surface area contributed by atoms with E-state index in [2.05, 4.69) is 62.3 Å². The van der Waals surface area contributed by atoms with E-state index in [4.69, 9.17) is 0 Å². The average Bonchev–Trinajstić information content (AvgIpc) is 2.33. The first kappa shape index (κ1) is 21.3. The van der Waals surface area contributed by atoms with E-state index in [1.807, 2.05) is 12.1 Å². The van der Waals surface area contributed by atoms with Crippen LogP contribution in [-0.4, -0.2) is 8.74 Å². The molecule has 0 fully saturated rings. The Kier molecular flexibility index (Phi) is 5.54. The smallest absolute Gasteiger partial charge is 0.264 e. The van der Waals surface area contributed by atoms with Crippen molar-refractivity contribution in [2.45, 2.75) is 97.9 Å². The fraction of sp³-hybridized carbons (Fsp3) is 0.714. The van der Waals surface area contributed by atoms with Crippen LogP contribution >= 0.6 is 0 Å². The van der Waals surface area contributed by atoms with Gasteiger partial charge in [-0.3, -0.25) is 8.22 Å². The molecule has 1 aromatic carbocycles. The molecule has 0 saturated carbocycles. The first-order valence-electron chi connectivity index (χ1n) is 8.98. The Morgan fingerprint density at radius 2 is 1.04 bits per heavy atom. The highest BCUT2D eigenvalue weighted by atomic mass is 28.4. The van der Waals surface area contributed by atoms with Gasteiger partial charge in [0.25, 0.3) is 0 Å². The van der Waals surface area contributed by atoms with E-state index in [-0.39, 0.29) is 16.2 Å². The molecule has 0 radical (unpaired) electrons. The Bertz CT molecular complexity index is 559. The molecule has 0 amide bonds. The average molecular weight is 355 g/mol. The molecule has 0 atom stereocenters. The molecule has 0 nitrogen and oxygen atoms in total. The Morgan fingerprint density at radius 1 is 0.708 bits per heavy atom. The van der Waals surface area contributed by atoms with Gasteiger partial charge in [-0.1, -0.05) is 88.3 Å². The van der Waals surface area contributed by atoms with Crippen LogP contribution in [0.25, 0.3) is 0 Å². The summed E-state index contributed by atoms with van der Waals surface area (Å²) in [6.07, 6.45) is 0. The van der Waals surface area contributed by atoms with Crippen LogP contribution in [0.1, 0.15) is 92.9 Å². The molecule has 0 N–H and O–H groups in total. The molecular weight excluding hydrogens is 318 g/mol. The summed E-state index contributed by atoms with van der Waals surface area (Å²) in [6, 6.07) is 4.10. The van der Waals surface area contributed by atoms with Gasteiger partial charge in [0.15, 0.2) is 0 Å². The van der Waals surface area contributed by atoms with Crippen molar-refractivity contribution in [2.24, 2.45) is 0 Å². The van der Waals surface area contributed by atoms with Crippen molar-refractivity contribution >= 4 is 13.9 Å². The van der Waals surface area contributed by atoms with Gasteiger partial charge in [-0.15, -0.1) is 0 Å². The lowest BCUT2D eigenvalue weighted by Gasteiger charge is -2.36. The highest BCUT2D eigenvalue weighted by Gasteiger charge is 2.48. The molecule has 0 bridgehead atoms. The Labute approximate surface area is 149 Å². The number of halogens is 2. The van der Waals surface area contributed by atoms with E-state index < -0.39 is 14.3 Å². The Morgan fingerprint density at radius 3 is 1.25 bits per heavy atom. The van der Waals surface area contributed by atoms with Crippen LogP contribution in [-0.2, 0) is 16.2 Å². The van der Waals surface area contributed by atoms with Gasteiger partial charge >= 0.3 is 8.74 Å². The predicted octanol–water partition coefficient (Wildman–Crippen LogP) is 6.58. The molecule has 3 heteroatoms. The van der Waals surface area contributed by atoms with Crippen LogP contribution in [0.5, 0.6) is 0 Å². The number of rotatable bonds is 2. The molecule has 24 heavy (non-hydrogen) atoms. The SMILES string of the molecule is CC(C)[Si](F)(F)c1c(C(C)(C)C)cc(C(C)(C)C)cc1C(C)(C)C. The highest BCUT2D eigenvalue weighted by molar-refractivity contribution is 6.82. The molecular formula is C21H36F2Si.